The van der Waals surface area contributed by atoms with Gasteiger partial charge in [-0.05, 0) is 77.4 Å². The zero-order valence-electron chi connectivity index (χ0n) is 20.9. The van der Waals surface area contributed by atoms with Crippen LogP contribution in [0, 0.1) is 0 Å². The highest BCUT2D eigenvalue weighted by Gasteiger charge is 2.36. The molecular weight excluding hydrogens is 440 g/mol. The number of hydrogen-bond donors (Lipinski definition) is 0. The van der Waals surface area contributed by atoms with Crippen LogP contribution in [0.25, 0.3) is 17.2 Å². The van der Waals surface area contributed by atoms with Crippen LogP contribution in [0.1, 0.15) is 60.5 Å². The molecule has 8 nitrogen and oxygen atoms in total. The van der Waals surface area contributed by atoms with Crippen LogP contribution in [0.5, 0.6) is 5.75 Å². The van der Waals surface area contributed by atoms with Gasteiger partial charge in [0.15, 0.2) is 0 Å². The van der Waals surface area contributed by atoms with Crippen LogP contribution in [0.2, 0.25) is 0 Å². The van der Waals surface area contributed by atoms with Crippen LogP contribution in [0.3, 0.4) is 0 Å². The summed E-state index contributed by atoms with van der Waals surface area (Å²) in [5.74, 6) is 1.66. The molecule has 184 valence electrons. The summed E-state index contributed by atoms with van der Waals surface area (Å²) in [6.45, 7) is 1.79. The molecule has 1 amide bonds. The van der Waals surface area contributed by atoms with E-state index >= 15 is 0 Å². The standard InChI is InChI=1S/C27H34N6O2/c1-31(2)17-14-20-8-6-7-16-32(20)26(34)22-18-29-33(25(22)19-11-12-19)27-28-15-13-23(30-27)21-9-4-5-10-24(21)35-3/h4-5,9-10,13,15,18-20H,6-8,11-12,14,16-17H2,1-3H3. The molecule has 0 bridgehead atoms. The second-order valence-corrected chi connectivity index (χ2v) is 9.81. The topological polar surface area (TPSA) is 76.4 Å². The molecule has 5 rings (SSSR count). The third kappa shape index (κ3) is 4.93. The van der Waals surface area contributed by atoms with E-state index in [0.29, 0.717) is 17.4 Å². The van der Waals surface area contributed by atoms with Gasteiger partial charge in [-0.2, -0.15) is 5.10 Å². The third-order valence-electron chi connectivity index (χ3n) is 7.01. The van der Waals surface area contributed by atoms with Crippen molar-refractivity contribution in [1.29, 1.82) is 0 Å². The van der Waals surface area contributed by atoms with Crippen molar-refractivity contribution in [3.63, 3.8) is 0 Å². The molecule has 2 aliphatic rings. The first-order valence-corrected chi connectivity index (χ1v) is 12.6. The fourth-order valence-electron chi connectivity index (χ4n) is 5.02. The van der Waals surface area contributed by atoms with E-state index in [1.165, 1.54) is 6.42 Å². The Labute approximate surface area is 206 Å². The van der Waals surface area contributed by atoms with Crippen molar-refractivity contribution in [2.75, 3.05) is 34.3 Å². The minimum Gasteiger partial charge on any atom is -0.496 e. The lowest BCUT2D eigenvalue weighted by molar-refractivity contribution is 0.0590. The Balaban J connectivity index is 1.48. The first kappa shape index (κ1) is 23.5. The maximum atomic E-state index is 13.8. The molecular formula is C27H34N6O2. The number of benzene rings is 1. The molecule has 2 fully saturated rings. The second-order valence-electron chi connectivity index (χ2n) is 9.81. The first-order chi connectivity index (χ1) is 17.1. The summed E-state index contributed by atoms with van der Waals surface area (Å²) in [4.78, 5) is 27.5. The Bertz CT molecular complexity index is 1190. The van der Waals surface area contributed by atoms with Gasteiger partial charge in [0, 0.05) is 30.3 Å². The summed E-state index contributed by atoms with van der Waals surface area (Å²) in [7, 11) is 5.83. The van der Waals surface area contributed by atoms with Gasteiger partial charge < -0.3 is 14.5 Å². The van der Waals surface area contributed by atoms with E-state index < -0.39 is 0 Å². The first-order valence-electron chi connectivity index (χ1n) is 12.6. The minimum absolute atomic E-state index is 0.0995. The number of rotatable bonds is 8. The summed E-state index contributed by atoms with van der Waals surface area (Å²) < 4.78 is 7.31. The van der Waals surface area contributed by atoms with E-state index in [1.807, 2.05) is 30.3 Å². The number of nitrogens with zero attached hydrogens (tertiary/aromatic N) is 6. The lowest BCUT2D eigenvalue weighted by Gasteiger charge is -2.36. The Hall–Kier alpha value is -3.26. The molecule has 8 heteroatoms. The molecule has 1 aliphatic carbocycles. The van der Waals surface area contributed by atoms with E-state index in [1.54, 1.807) is 24.2 Å². The number of piperidine rings is 1. The second kappa shape index (κ2) is 10.2. The molecule has 3 heterocycles. The quantitative estimate of drug-likeness (QED) is 0.488. The highest BCUT2D eigenvalue weighted by atomic mass is 16.5. The van der Waals surface area contributed by atoms with Crippen molar-refractivity contribution in [3.8, 4) is 23.0 Å². The molecule has 1 aromatic carbocycles. The van der Waals surface area contributed by atoms with Gasteiger partial charge in [-0.3, -0.25) is 4.79 Å². The molecule has 1 atom stereocenters. The van der Waals surface area contributed by atoms with E-state index in [-0.39, 0.29) is 11.9 Å². The molecule has 1 unspecified atom stereocenters. The smallest absolute Gasteiger partial charge is 0.257 e. The third-order valence-corrected chi connectivity index (χ3v) is 7.01. The van der Waals surface area contributed by atoms with Crippen LogP contribution in [0.4, 0.5) is 0 Å². The lowest BCUT2D eigenvalue weighted by atomic mass is 9.97. The molecule has 3 aromatic rings. The predicted octanol–water partition coefficient (Wildman–Crippen LogP) is 4.16. The maximum Gasteiger partial charge on any atom is 0.257 e. The minimum atomic E-state index is 0.0995. The summed E-state index contributed by atoms with van der Waals surface area (Å²) >= 11 is 0. The molecule has 35 heavy (non-hydrogen) atoms. The van der Waals surface area contributed by atoms with Crippen LogP contribution >= 0.6 is 0 Å². The zero-order chi connectivity index (χ0) is 24.4. The van der Waals surface area contributed by atoms with Gasteiger partial charge in [0.1, 0.15) is 5.75 Å². The number of aromatic nitrogens is 4. The molecule has 1 saturated carbocycles. The van der Waals surface area contributed by atoms with Crippen molar-refractivity contribution < 1.29 is 9.53 Å². The Morgan fingerprint density at radius 2 is 1.97 bits per heavy atom. The highest BCUT2D eigenvalue weighted by Crippen LogP contribution is 2.43. The van der Waals surface area contributed by atoms with Crippen molar-refractivity contribution in [1.82, 2.24) is 29.5 Å². The number of ether oxygens (including phenoxy) is 1. The monoisotopic (exact) mass is 474 g/mol. The Morgan fingerprint density at radius 3 is 2.74 bits per heavy atom. The highest BCUT2D eigenvalue weighted by molar-refractivity contribution is 5.96. The largest absolute Gasteiger partial charge is 0.496 e. The summed E-state index contributed by atoms with van der Waals surface area (Å²) in [5, 5.41) is 4.64. The van der Waals surface area contributed by atoms with E-state index in [2.05, 4.69) is 34.0 Å². The molecule has 1 saturated heterocycles. The number of amides is 1. The van der Waals surface area contributed by atoms with Gasteiger partial charge in [-0.25, -0.2) is 14.6 Å². The summed E-state index contributed by atoms with van der Waals surface area (Å²) in [5.41, 5.74) is 3.31. The number of para-hydroxylation sites is 1. The SMILES string of the molecule is COc1ccccc1-c1ccnc(-n2ncc(C(=O)N3CCCCC3CCN(C)C)c2C2CC2)n1. The Kier molecular flexibility index (Phi) is 6.81. The number of carbonyl (C=O) groups is 1. The molecule has 0 spiro atoms. The van der Waals surface area contributed by atoms with E-state index in [4.69, 9.17) is 9.72 Å². The van der Waals surface area contributed by atoms with Crippen LogP contribution in [0.15, 0.2) is 42.7 Å². The number of methoxy groups -OCH3 is 1. The van der Waals surface area contributed by atoms with Gasteiger partial charge in [0.25, 0.3) is 11.9 Å². The Morgan fingerprint density at radius 1 is 1.14 bits per heavy atom. The lowest BCUT2D eigenvalue weighted by Crippen LogP contribution is -2.45. The van der Waals surface area contributed by atoms with Crippen molar-refractivity contribution in [3.05, 3.63) is 54.0 Å². The molecule has 2 aromatic heterocycles. The zero-order valence-corrected chi connectivity index (χ0v) is 20.9. The number of hydrogen-bond acceptors (Lipinski definition) is 6. The van der Waals surface area contributed by atoms with Crippen LogP contribution in [-0.2, 0) is 0 Å². The normalized spacial score (nSPS) is 18.2. The van der Waals surface area contributed by atoms with Gasteiger partial charge in [-0.15, -0.1) is 0 Å². The van der Waals surface area contributed by atoms with Gasteiger partial charge in [0.2, 0.25) is 0 Å². The van der Waals surface area contributed by atoms with E-state index in [9.17, 15) is 4.79 Å². The van der Waals surface area contributed by atoms with Crippen LogP contribution in [-0.4, -0.2) is 75.8 Å². The number of carbonyl (C=O) groups excluding carboxylic acids is 1. The molecule has 0 radical (unpaired) electrons. The van der Waals surface area contributed by atoms with Gasteiger partial charge >= 0.3 is 0 Å². The summed E-state index contributed by atoms with van der Waals surface area (Å²) in [6.07, 6.45) is 9.89. The van der Waals surface area contributed by atoms with Crippen molar-refractivity contribution in [2.24, 2.45) is 0 Å². The average Bonchev–Trinajstić information content (AvgIpc) is 3.64. The van der Waals surface area contributed by atoms with Gasteiger partial charge in [-0.1, -0.05) is 12.1 Å². The van der Waals surface area contributed by atoms with Gasteiger partial charge in [0.05, 0.1) is 30.3 Å². The van der Waals surface area contributed by atoms with E-state index in [0.717, 1.165) is 67.9 Å². The number of likely N-dealkylation sites (tertiary alicyclic amines) is 1. The van der Waals surface area contributed by atoms with Crippen LogP contribution < -0.4 is 4.74 Å². The van der Waals surface area contributed by atoms with Crippen molar-refractivity contribution in [2.45, 2.75) is 50.5 Å². The van der Waals surface area contributed by atoms with Crippen molar-refractivity contribution >= 4 is 5.91 Å². The fourth-order valence-corrected chi connectivity index (χ4v) is 5.02. The summed E-state index contributed by atoms with van der Waals surface area (Å²) in [6, 6.07) is 9.95. The predicted molar refractivity (Wildman–Crippen MR) is 135 cm³/mol. The maximum absolute atomic E-state index is 13.8. The molecule has 1 aliphatic heterocycles. The average molecular weight is 475 g/mol. The molecule has 0 N–H and O–H groups in total. The fraction of sp³-hybridized carbons (Fsp3) is 0.481.